The molecule has 0 atom stereocenters. The highest BCUT2D eigenvalue weighted by atomic mass is 16.1. The monoisotopic (exact) mass is 228 g/mol. The van der Waals surface area contributed by atoms with E-state index in [2.05, 4.69) is 29.4 Å². The van der Waals surface area contributed by atoms with Gasteiger partial charge in [0.25, 0.3) is 0 Å². The van der Waals surface area contributed by atoms with Crippen LogP contribution in [-0.4, -0.2) is 17.4 Å². The van der Waals surface area contributed by atoms with E-state index in [9.17, 15) is 4.79 Å². The standard InChI is InChI=1S/C14H16N2O/c1-10-12(7-5-9-15-11(2)17)13-6-3-4-8-14(13)16-10/h3-8,16H,9H2,1-2H3,(H,15,17). The maximum atomic E-state index is 10.7. The Balaban J connectivity index is 2.23. The number of benzene rings is 1. The first-order valence-corrected chi connectivity index (χ1v) is 5.67. The summed E-state index contributed by atoms with van der Waals surface area (Å²) < 4.78 is 0. The van der Waals surface area contributed by atoms with Crippen LogP contribution in [0.4, 0.5) is 0 Å². The van der Waals surface area contributed by atoms with Gasteiger partial charge < -0.3 is 10.3 Å². The molecule has 0 aliphatic heterocycles. The minimum Gasteiger partial charge on any atom is -0.358 e. The van der Waals surface area contributed by atoms with E-state index in [4.69, 9.17) is 0 Å². The molecule has 0 spiro atoms. The van der Waals surface area contributed by atoms with Crippen molar-refractivity contribution in [2.24, 2.45) is 0 Å². The van der Waals surface area contributed by atoms with Gasteiger partial charge in [-0.2, -0.15) is 0 Å². The molecular formula is C14H16N2O. The number of H-pyrrole nitrogens is 1. The fourth-order valence-corrected chi connectivity index (χ4v) is 1.89. The summed E-state index contributed by atoms with van der Waals surface area (Å²) in [7, 11) is 0. The smallest absolute Gasteiger partial charge is 0.217 e. The van der Waals surface area contributed by atoms with E-state index in [1.807, 2.05) is 24.3 Å². The van der Waals surface area contributed by atoms with Crippen LogP contribution in [0.5, 0.6) is 0 Å². The summed E-state index contributed by atoms with van der Waals surface area (Å²) in [5.41, 5.74) is 3.47. The van der Waals surface area contributed by atoms with Crippen molar-refractivity contribution in [2.45, 2.75) is 13.8 Å². The Morgan fingerprint density at radius 1 is 1.41 bits per heavy atom. The minimum absolute atomic E-state index is 0.00898. The number of para-hydroxylation sites is 1. The Morgan fingerprint density at radius 3 is 2.94 bits per heavy atom. The second-order valence-electron chi connectivity index (χ2n) is 4.05. The number of hydrogen-bond donors (Lipinski definition) is 2. The molecule has 3 heteroatoms. The van der Waals surface area contributed by atoms with Gasteiger partial charge in [0.05, 0.1) is 0 Å². The maximum Gasteiger partial charge on any atom is 0.217 e. The largest absolute Gasteiger partial charge is 0.358 e. The molecule has 2 aromatic rings. The van der Waals surface area contributed by atoms with Gasteiger partial charge >= 0.3 is 0 Å². The van der Waals surface area contributed by atoms with Crippen LogP contribution in [0.3, 0.4) is 0 Å². The number of fused-ring (bicyclic) bond motifs is 1. The summed E-state index contributed by atoms with van der Waals surface area (Å²) in [5, 5.41) is 3.95. The van der Waals surface area contributed by atoms with Gasteiger partial charge in [-0.3, -0.25) is 4.79 Å². The van der Waals surface area contributed by atoms with Crippen molar-refractivity contribution in [2.75, 3.05) is 6.54 Å². The van der Waals surface area contributed by atoms with E-state index >= 15 is 0 Å². The Kier molecular flexibility index (Phi) is 3.28. The van der Waals surface area contributed by atoms with Crippen LogP contribution in [0.2, 0.25) is 0 Å². The molecule has 0 fully saturated rings. The third kappa shape index (κ3) is 2.56. The summed E-state index contributed by atoms with van der Waals surface area (Å²) in [5.74, 6) is -0.00898. The Morgan fingerprint density at radius 2 is 2.18 bits per heavy atom. The number of carbonyl (C=O) groups excluding carboxylic acids is 1. The van der Waals surface area contributed by atoms with Gasteiger partial charge in [-0.05, 0) is 13.0 Å². The molecule has 0 bridgehead atoms. The number of amides is 1. The molecule has 0 unspecified atom stereocenters. The molecule has 88 valence electrons. The number of rotatable bonds is 3. The minimum atomic E-state index is -0.00898. The predicted octanol–water partition coefficient (Wildman–Crippen LogP) is 2.63. The predicted molar refractivity (Wildman–Crippen MR) is 70.8 cm³/mol. The first-order chi connectivity index (χ1) is 8.18. The molecule has 1 amide bonds. The van der Waals surface area contributed by atoms with Crippen LogP contribution in [0.25, 0.3) is 17.0 Å². The summed E-state index contributed by atoms with van der Waals surface area (Å²) in [6.45, 7) is 4.14. The van der Waals surface area contributed by atoms with E-state index in [1.165, 1.54) is 17.9 Å². The first-order valence-electron chi connectivity index (χ1n) is 5.67. The summed E-state index contributed by atoms with van der Waals surface area (Å²) in [4.78, 5) is 14.1. The van der Waals surface area contributed by atoms with Gasteiger partial charge in [0.15, 0.2) is 0 Å². The molecule has 3 nitrogen and oxygen atoms in total. The molecule has 0 radical (unpaired) electrons. The van der Waals surface area contributed by atoms with Crippen LogP contribution in [0.15, 0.2) is 30.3 Å². The lowest BCUT2D eigenvalue weighted by molar-refractivity contribution is -0.118. The number of nitrogens with one attached hydrogen (secondary N) is 2. The Bertz CT molecular complexity index is 567. The highest BCUT2D eigenvalue weighted by molar-refractivity contribution is 5.90. The molecule has 2 rings (SSSR count). The number of carbonyl (C=O) groups is 1. The lowest BCUT2D eigenvalue weighted by Crippen LogP contribution is -2.19. The number of aromatic nitrogens is 1. The zero-order valence-electron chi connectivity index (χ0n) is 10.1. The number of aromatic amines is 1. The van der Waals surface area contributed by atoms with Crippen molar-refractivity contribution < 1.29 is 4.79 Å². The molecule has 0 saturated carbocycles. The van der Waals surface area contributed by atoms with E-state index in [1.54, 1.807) is 0 Å². The van der Waals surface area contributed by atoms with Crippen LogP contribution in [0.1, 0.15) is 18.2 Å². The summed E-state index contributed by atoms with van der Waals surface area (Å²) in [6.07, 6.45) is 4.01. The highest BCUT2D eigenvalue weighted by Gasteiger charge is 2.03. The molecule has 0 saturated heterocycles. The zero-order valence-corrected chi connectivity index (χ0v) is 10.1. The van der Waals surface area contributed by atoms with Crippen molar-refractivity contribution in [3.8, 4) is 0 Å². The molecule has 0 aliphatic carbocycles. The molecular weight excluding hydrogens is 212 g/mol. The van der Waals surface area contributed by atoms with Gasteiger partial charge in [0.1, 0.15) is 0 Å². The normalized spacial score (nSPS) is 11.2. The Hall–Kier alpha value is -2.03. The highest BCUT2D eigenvalue weighted by Crippen LogP contribution is 2.22. The molecule has 17 heavy (non-hydrogen) atoms. The Labute approximate surface area is 101 Å². The van der Waals surface area contributed by atoms with Crippen LogP contribution in [-0.2, 0) is 4.79 Å². The quantitative estimate of drug-likeness (QED) is 0.833. The second-order valence-corrected chi connectivity index (χ2v) is 4.05. The fourth-order valence-electron chi connectivity index (χ4n) is 1.89. The van der Waals surface area contributed by atoms with E-state index in [0.29, 0.717) is 6.54 Å². The number of aryl methyl sites for hydroxylation is 1. The lowest BCUT2D eigenvalue weighted by Gasteiger charge is -1.96. The molecule has 1 aromatic carbocycles. The van der Waals surface area contributed by atoms with Gasteiger partial charge in [0.2, 0.25) is 5.91 Å². The molecule has 1 aromatic heterocycles. The van der Waals surface area contributed by atoms with Gasteiger partial charge in [-0.1, -0.05) is 30.4 Å². The van der Waals surface area contributed by atoms with Crippen molar-refractivity contribution in [1.82, 2.24) is 10.3 Å². The van der Waals surface area contributed by atoms with Crippen LogP contribution >= 0.6 is 0 Å². The van der Waals surface area contributed by atoms with Crippen molar-refractivity contribution >= 4 is 22.9 Å². The molecule has 0 aliphatic rings. The first kappa shape index (κ1) is 11.5. The van der Waals surface area contributed by atoms with Crippen LogP contribution < -0.4 is 5.32 Å². The average Bonchev–Trinajstić information content (AvgIpc) is 2.60. The molecule has 1 heterocycles. The van der Waals surface area contributed by atoms with E-state index < -0.39 is 0 Å². The van der Waals surface area contributed by atoms with E-state index in [-0.39, 0.29) is 5.91 Å². The van der Waals surface area contributed by atoms with Crippen molar-refractivity contribution in [3.05, 3.63) is 41.6 Å². The van der Waals surface area contributed by atoms with E-state index in [0.717, 1.165) is 11.2 Å². The lowest BCUT2D eigenvalue weighted by atomic mass is 10.1. The zero-order chi connectivity index (χ0) is 12.3. The third-order valence-corrected chi connectivity index (χ3v) is 2.70. The van der Waals surface area contributed by atoms with Gasteiger partial charge in [-0.15, -0.1) is 0 Å². The topological polar surface area (TPSA) is 44.9 Å². The SMILES string of the molecule is CC(=O)NCC=Cc1c(C)[nH]c2ccccc12. The third-order valence-electron chi connectivity index (χ3n) is 2.70. The van der Waals surface area contributed by atoms with Crippen molar-refractivity contribution in [1.29, 1.82) is 0 Å². The number of hydrogen-bond acceptors (Lipinski definition) is 1. The van der Waals surface area contributed by atoms with Gasteiger partial charge in [0, 0.05) is 35.6 Å². The van der Waals surface area contributed by atoms with Gasteiger partial charge in [-0.25, -0.2) is 0 Å². The summed E-state index contributed by atoms with van der Waals surface area (Å²) in [6, 6.07) is 8.20. The fraction of sp³-hybridized carbons (Fsp3) is 0.214. The van der Waals surface area contributed by atoms with Crippen molar-refractivity contribution in [3.63, 3.8) is 0 Å². The molecule has 2 N–H and O–H groups in total. The maximum absolute atomic E-state index is 10.7. The second kappa shape index (κ2) is 4.87. The summed E-state index contributed by atoms with van der Waals surface area (Å²) >= 11 is 0. The van der Waals surface area contributed by atoms with Crippen LogP contribution in [0, 0.1) is 6.92 Å². The average molecular weight is 228 g/mol.